The molecule has 0 aliphatic rings. The van der Waals surface area contributed by atoms with Crippen LogP contribution in [0.1, 0.15) is 16.7 Å². The molecule has 0 amide bonds. The Labute approximate surface area is 425 Å². The zero-order valence-corrected chi connectivity index (χ0v) is 39.5. The Morgan fingerprint density at radius 1 is 0.270 bits per heavy atom. The van der Waals surface area contributed by atoms with Gasteiger partial charge in [-0.15, -0.1) is 0 Å². The highest BCUT2D eigenvalue weighted by molar-refractivity contribution is 6.13. The van der Waals surface area contributed by atoms with Gasteiger partial charge in [-0.1, -0.05) is 133 Å². The van der Waals surface area contributed by atoms with E-state index < -0.39 is 0 Å². The lowest BCUT2D eigenvalue weighted by Crippen LogP contribution is -2.04. The summed E-state index contributed by atoms with van der Waals surface area (Å²) >= 11 is 0. The first-order valence-electron chi connectivity index (χ1n) is 24.2. The Balaban J connectivity index is 1.09. The highest BCUT2D eigenvalue weighted by atomic mass is 15.0. The molecule has 0 saturated carbocycles. The Morgan fingerprint density at radius 3 is 1.11 bits per heavy atom. The topological polar surface area (TPSA) is 120 Å². The predicted octanol–water partition coefficient (Wildman–Crippen LogP) is 15.7. The van der Waals surface area contributed by atoms with E-state index in [-0.39, 0.29) is 0 Å². The fraction of sp³-hybridized carbons (Fsp3) is 0. The van der Waals surface area contributed by atoms with Crippen molar-refractivity contribution < 1.29 is 0 Å². The van der Waals surface area contributed by atoms with Crippen LogP contribution in [0.2, 0.25) is 0 Å². The summed E-state index contributed by atoms with van der Waals surface area (Å²) in [5.41, 5.74) is 15.8. The second kappa shape index (κ2) is 17.9. The Hall–Kier alpha value is -10.7. The summed E-state index contributed by atoms with van der Waals surface area (Å²) in [6, 6.07) is 84.6. The molecule has 0 radical (unpaired) electrons. The van der Waals surface area contributed by atoms with E-state index >= 15 is 0 Å². The molecule has 0 spiro atoms. The first kappa shape index (κ1) is 43.3. The first-order chi connectivity index (χ1) is 36.5. The molecule has 10 aromatic carbocycles. The van der Waals surface area contributed by atoms with E-state index in [9.17, 15) is 15.8 Å². The van der Waals surface area contributed by atoms with Crippen LogP contribution in [-0.2, 0) is 0 Å². The Kier molecular flexibility index (Phi) is 10.5. The molecule has 0 aliphatic carbocycles. The standard InChI is InChI=1S/C66H38N8/c67-39-42-19-24-45(25-20-42)49-28-32-61-55(36-49)52-15-7-9-17-58(52)73(61)60-31-23-44(41-69)35-54(60)57-38-51(66-71-64(47-11-3-1-4-12-47)70-65(72-66)48-13-5-2-6-14-48)30-34-63(57)74-59-18-10-8-16-53(59)56-37-50(29-33-62(56)74)46-26-21-43(40-68)22-27-46/h1-38H. The third-order valence-corrected chi connectivity index (χ3v) is 13.9. The van der Waals surface area contributed by atoms with Gasteiger partial charge in [-0.2, -0.15) is 15.8 Å². The normalized spacial score (nSPS) is 11.2. The van der Waals surface area contributed by atoms with E-state index in [1.54, 1.807) is 0 Å². The monoisotopic (exact) mass is 942 g/mol. The molecule has 342 valence electrons. The third-order valence-electron chi connectivity index (χ3n) is 13.9. The van der Waals surface area contributed by atoms with E-state index in [0.717, 1.165) is 105 Å². The maximum absolute atomic E-state index is 10.7. The Morgan fingerprint density at radius 2 is 0.635 bits per heavy atom. The fourth-order valence-electron chi connectivity index (χ4n) is 10.3. The number of nitriles is 3. The minimum absolute atomic E-state index is 0.505. The van der Waals surface area contributed by atoms with Crippen molar-refractivity contribution >= 4 is 43.6 Å². The van der Waals surface area contributed by atoms with Gasteiger partial charge >= 0.3 is 0 Å². The number of fused-ring (bicyclic) bond motifs is 6. The fourth-order valence-corrected chi connectivity index (χ4v) is 10.3. The molecule has 13 aromatic rings. The molecule has 3 heterocycles. The molecule has 74 heavy (non-hydrogen) atoms. The number of aromatic nitrogens is 5. The zero-order chi connectivity index (χ0) is 49.7. The molecule has 0 saturated heterocycles. The van der Waals surface area contributed by atoms with Crippen LogP contribution in [0.15, 0.2) is 231 Å². The summed E-state index contributed by atoms with van der Waals surface area (Å²) in [7, 11) is 0. The van der Waals surface area contributed by atoms with Crippen molar-refractivity contribution in [2.75, 3.05) is 0 Å². The number of rotatable bonds is 8. The van der Waals surface area contributed by atoms with Gasteiger partial charge in [0, 0.05) is 49.4 Å². The second-order valence-corrected chi connectivity index (χ2v) is 18.2. The minimum Gasteiger partial charge on any atom is -0.309 e. The van der Waals surface area contributed by atoms with Crippen LogP contribution in [0.4, 0.5) is 0 Å². The Bertz CT molecular complexity index is 4430. The molecular formula is C66H38N8. The molecule has 8 nitrogen and oxygen atoms in total. The van der Waals surface area contributed by atoms with Crippen molar-refractivity contribution in [2.24, 2.45) is 0 Å². The summed E-state index contributed by atoms with van der Waals surface area (Å²) in [6.07, 6.45) is 0. The largest absolute Gasteiger partial charge is 0.309 e. The van der Waals surface area contributed by atoms with E-state index in [2.05, 4.69) is 137 Å². The molecule has 0 N–H and O–H groups in total. The van der Waals surface area contributed by atoms with E-state index in [0.29, 0.717) is 34.2 Å². The van der Waals surface area contributed by atoms with Gasteiger partial charge in [-0.3, -0.25) is 0 Å². The first-order valence-corrected chi connectivity index (χ1v) is 24.2. The molecular weight excluding hydrogens is 905 g/mol. The van der Waals surface area contributed by atoms with Crippen LogP contribution < -0.4 is 0 Å². The number of hydrogen-bond donors (Lipinski definition) is 0. The van der Waals surface area contributed by atoms with Crippen molar-refractivity contribution in [3.8, 4) is 97.1 Å². The predicted molar refractivity (Wildman–Crippen MR) is 295 cm³/mol. The average molecular weight is 943 g/mol. The van der Waals surface area contributed by atoms with Crippen LogP contribution in [0.3, 0.4) is 0 Å². The summed E-state index contributed by atoms with van der Waals surface area (Å²) in [6.45, 7) is 0. The lowest BCUT2D eigenvalue weighted by atomic mass is 9.96. The molecule has 13 rings (SSSR count). The van der Waals surface area contributed by atoms with Crippen molar-refractivity contribution in [1.82, 2.24) is 24.1 Å². The lowest BCUT2D eigenvalue weighted by Gasteiger charge is -2.20. The van der Waals surface area contributed by atoms with Gasteiger partial charge in [0.1, 0.15) is 0 Å². The summed E-state index contributed by atoms with van der Waals surface area (Å²) in [5, 5.41) is 34.1. The van der Waals surface area contributed by atoms with Crippen LogP contribution in [-0.4, -0.2) is 24.1 Å². The van der Waals surface area contributed by atoms with Gasteiger partial charge in [-0.25, -0.2) is 15.0 Å². The number of para-hydroxylation sites is 2. The third kappa shape index (κ3) is 7.42. The maximum atomic E-state index is 10.7. The number of benzene rings is 10. The van der Waals surface area contributed by atoms with Crippen LogP contribution in [0.5, 0.6) is 0 Å². The highest BCUT2D eigenvalue weighted by Gasteiger charge is 2.23. The molecule has 3 aromatic heterocycles. The van der Waals surface area contributed by atoms with Crippen molar-refractivity contribution in [1.29, 1.82) is 15.8 Å². The van der Waals surface area contributed by atoms with E-state index in [1.165, 1.54) is 0 Å². The maximum Gasteiger partial charge on any atom is 0.164 e. The van der Waals surface area contributed by atoms with Crippen molar-refractivity contribution in [3.05, 3.63) is 247 Å². The quantitative estimate of drug-likeness (QED) is 0.150. The van der Waals surface area contributed by atoms with Gasteiger partial charge in [0.2, 0.25) is 0 Å². The SMILES string of the molecule is N#Cc1ccc(-c2ccc3c(c2)c2ccccc2n3-c2ccc(C#N)cc2-c2cc(-c3nc(-c4ccccc4)nc(-c4ccccc4)n3)ccc2-n2c3ccccc3c3cc(-c4ccc(C#N)cc4)ccc32)cc1. The highest BCUT2D eigenvalue weighted by Crippen LogP contribution is 2.44. The lowest BCUT2D eigenvalue weighted by molar-refractivity contribution is 1.07. The van der Waals surface area contributed by atoms with Gasteiger partial charge in [0.15, 0.2) is 17.5 Å². The molecule has 0 atom stereocenters. The van der Waals surface area contributed by atoms with Crippen LogP contribution in [0, 0.1) is 34.0 Å². The molecule has 0 unspecified atom stereocenters. The van der Waals surface area contributed by atoms with Crippen LogP contribution in [0.25, 0.3) is 123 Å². The van der Waals surface area contributed by atoms with Crippen molar-refractivity contribution in [3.63, 3.8) is 0 Å². The summed E-state index contributed by atoms with van der Waals surface area (Å²) in [4.78, 5) is 15.4. The number of nitrogens with zero attached hydrogens (tertiary/aromatic N) is 8. The second-order valence-electron chi connectivity index (χ2n) is 18.2. The molecule has 0 fully saturated rings. The van der Waals surface area contributed by atoms with Gasteiger partial charge < -0.3 is 9.13 Å². The van der Waals surface area contributed by atoms with E-state index in [4.69, 9.17) is 15.0 Å². The molecule has 0 bridgehead atoms. The van der Waals surface area contributed by atoms with Gasteiger partial charge in [-0.05, 0) is 119 Å². The van der Waals surface area contributed by atoms with E-state index in [1.807, 2.05) is 121 Å². The molecule has 8 heteroatoms. The van der Waals surface area contributed by atoms with Gasteiger partial charge in [0.25, 0.3) is 0 Å². The summed E-state index contributed by atoms with van der Waals surface area (Å²) in [5.74, 6) is 1.61. The zero-order valence-electron chi connectivity index (χ0n) is 39.5. The number of hydrogen-bond acceptors (Lipinski definition) is 6. The average Bonchev–Trinajstić information content (AvgIpc) is 4.04. The minimum atomic E-state index is 0.505. The summed E-state index contributed by atoms with van der Waals surface area (Å²) < 4.78 is 4.63. The molecule has 0 aliphatic heterocycles. The van der Waals surface area contributed by atoms with Crippen molar-refractivity contribution in [2.45, 2.75) is 0 Å². The van der Waals surface area contributed by atoms with Gasteiger partial charge in [0.05, 0.1) is 68.3 Å². The smallest absolute Gasteiger partial charge is 0.164 e. The van der Waals surface area contributed by atoms with Crippen LogP contribution >= 0.6 is 0 Å².